The number of hydrogen-bond donors (Lipinski definition) is 1. The molecule has 5 nitrogen and oxygen atoms in total. The molecule has 0 aliphatic carbocycles. The van der Waals surface area contributed by atoms with Crippen molar-refractivity contribution >= 4 is 34.7 Å². The van der Waals surface area contributed by atoms with Crippen molar-refractivity contribution in [2.45, 2.75) is 13.0 Å². The van der Waals surface area contributed by atoms with Crippen molar-refractivity contribution in [1.29, 1.82) is 0 Å². The molecule has 0 aliphatic rings. The fourth-order valence-corrected chi connectivity index (χ4v) is 3.68. The summed E-state index contributed by atoms with van der Waals surface area (Å²) in [6, 6.07) is 11.4. The molecular formula is C19H19ClN4OS. The van der Waals surface area contributed by atoms with Crippen LogP contribution in [0.1, 0.15) is 11.3 Å². The molecule has 0 aliphatic heterocycles. The van der Waals surface area contributed by atoms with Crippen LogP contribution in [-0.2, 0) is 17.8 Å². The van der Waals surface area contributed by atoms with Crippen molar-refractivity contribution in [3.05, 3.63) is 64.3 Å². The minimum Gasteiger partial charge on any atom is -0.362 e. The predicted molar refractivity (Wildman–Crippen MR) is 107 cm³/mol. The van der Waals surface area contributed by atoms with Crippen molar-refractivity contribution in [2.24, 2.45) is 0 Å². The molecule has 3 aromatic rings. The van der Waals surface area contributed by atoms with Gasteiger partial charge in [-0.25, -0.2) is 9.97 Å². The number of nitrogens with zero attached hydrogens (tertiary/aromatic N) is 3. The minimum atomic E-state index is -0.0745. The predicted octanol–water partition coefficient (Wildman–Crippen LogP) is 3.78. The highest BCUT2D eigenvalue weighted by molar-refractivity contribution is 7.13. The van der Waals surface area contributed by atoms with E-state index in [9.17, 15) is 4.79 Å². The first-order valence-electron chi connectivity index (χ1n) is 8.12. The number of carbonyl (C=O) groups is 1. The number of rotatable bonds is 6. The van der Waals surface area contributed by atoms with Crippen molar-refractivity contribution < 1.29 is 4.79 Å². The maximum atomic E-state index is 12.3. The standard InChI is InChI=1S/C19H19ClN4OS/c1-24(2)18-13(6-5-9-21-18)11-22-17(25)10-14-12-26-19(23-14)15-7-3-4-8-16(15)20/h3-9,12H,10-11H2,1-2H3,(H,22,25). The van der Waals surface area contributed by atoms with Crippen molar-refractivity contribution in [1.82, 2.24) is 15.3 Å². The molecule has 0 radical (unpaired) electrons. The summed E-state index contributed by atoms with van der Waals surface area (Å²) in [6.45, 7) is 0.432. The van der Waals surface area contributed by atoms with Gasteiger partial charge in [0.2, 0.25) is 5.91 Å². The summed E-state index contributed by atoms with van der Waals surface area (Å²) in [7, 11) is 3.86. The second-order valence-corrected chi connectivity index (χ2v) is 7.22. The van der Waals surface area contributed by atoms with Crippen LogP contribution < -0.4 is 10.2 Å². The Morgan fingerprint density at radius 1 is 1.23 bits per heavy atom. The number of thiazole rings is 1. The Balaban J connectivity index is 1.62. The van der Waals surface area contributed by atoms with Crippen molar-refractivity contribution in [3.63, 3.8) is 0 Å². The Hall–Kier alpha value is -2.44. The molecule has 1 N–H and O–H groups in total. The van der Waals surface area contributed by atoms with Crippen LogP contribution in [0.25, 0.3) is 10.6 Å². The molecule has 1 aromatic carbocycles. The summed E-state index contributed by atoms with van der Waals surface area (Å²) < 4.78 is 0. The van der Waals surface area contributed by atoms with Gasteiger partial charge in [0, 0.05) is 43.3 Å². The summed E-state index contributed by atoms with van der Waals surface area (Å²) in [6.07, 6.45) is 1.98. The molecule has 2 aromatic heterocycles. The lowest BCUT2D eigenvalue weighted by Gasteiger charge is -2.16. The van der Waals surface area contributed by atoms with E-state index in [1.54, 1.807) is 6.20 Å². The molecule has 1 amide bonds. The SMILES string of the molecule is CN(C)c1ncccc1CNC(=O)Cc1csc(-c2ccccc2Cl)n1. The maximum absolute atomic E-state index is 12.3. The fourth-order valence-electron chi connectivity index (χ4n) is 2.54. The normalized spacial score (nSPS) is 10.6. The Bertz CT molecular complexity index is 910. The fraction of sp³-hybridized carbons (Fsp3) is 0.211. The molecule has 0 saturated carbocycles. The topological polar surface area (TPSA) is 58.1 Å². The van der Waals surface area contributed by atoms with E-state index in [1.165, 1.54) is 11.3 Å². The van der Waals surface area contributed by atoms with Gasteiger partial charge in [-0.3, -0.25) is 4.79 Å². The van der Waals surface area contributed by atoms with Crippen LogP contribution in [0.5, 0.6) is 0 Å². The lowest BCUT2D eigenvalue weighted by Crippen LogP contribution is -2.26. The van der Waals surface area contributed by atoms with Gasteiger partial charge in [0.05, 0.1) is 17.1 Å². The van der Waals surface area contributed by atoms with Crippen LogP contribution in [0.3, 0.4) is 0 Å². The van der Waals surface area contributed by atoms with Gasteiger partial charge in [-0.05, 0) is 12.1 Å². The third kappa shape index (κ3) is 4.39. The number of anilines is 1. The van der Waals surface area contributed by atoms with E-state index in [2.05, 4.69) is 15.3 Å². The number of amides is 1. The number of aromatic nitrogens is 2. The lowest BCUT2D eigenvalue weighted by atomic mass is 10.2. The number of pyridine rings is 1. The monoisotopic (exact) mass is 386 g/mol. The van der Waals surface area contributed by atoms with Gasteiger partial charge in [0.1, 0.15) is 10.8 Å². The highest BCUT2D eigenvalue weighted by Crippen LogP contribution is 2.30. The van der Waals surface area contributed by atoms with E-state index < -0.39 is 0 Å². The van der Waals surface area contributed by atoms with E-state index in [0.717, 1.165) is 27.6 Å². The summed E-state index contributed by atoms with van der Waals surface area (Å²) in [4.78, 5) is 23.1. The molecule has 0 saturated heterocycles. The third-order valence-corrected chi connectivity index (χ3v) is 5.02. The van der Waals surface area contributed by atoms with Crippen LogP contribution in [0.15, 0.2) is 48.0 Å². The molecule has 26 heavy (non-hydrogen) atoms. The van der Waals surface area contributed by atoms with E-state index in [4.69, 9.17) is 11.6 Å². The van der Waals surface area contributed by atoms with Crippen molar-refractivity contribution in [2.75, 3.05) is 19.0 Å². The highest BCUT2D eigenvalue weighted by Gasteiger charge is 2.12. The van der Waals surface area contributed by atoms with Crippen LogP contribution in [0, 0.1) is 0 Å². The van der Waals surface area contributed by atoms with Gasteiger partial charge in [0.15, 0.2) is 0 Å². The smallest absolute Gasteiger partial charge is 0.226 e. The number of carbonyl (C=O) groups excluding carboxylic acids is 1. The zero-order valence-corrected chi connectivity index (χ0v) is 16.1. The second-order valence-electron chi connectivity index (χ2n) is 5.96. The number of benzene rings is 1. The van der Waals surface area contributed by atoms with Gasteiger partial charge in [-0.15, -0.1) is 11.3 Å². The summed E-state index contributed by atoms with van der Waals surface area (Å²) in [5.74, 6) is 0.775. The molecular weight excluding hydrogens is 368 g/mol. The van der Waals surface area contributed by atoms with Gasteiger partial charge in [-0.2, -0.15) is 0 Å². The van der Waals surface area contributed by atoms with Gasteiger partial charge < -0.3 is 10.2 Å². The van der Waals surface area contributed by atoms with E-state index in [0.29, 0.717) is 11.6 Å². The molecule has 0 atom stereocenters. The zero-order valence-electron chi connectivity index (χ0n) is 14.6. The summed E-state index contributed by atoms with van der Waals surface area (Å²) in [5.41, 5.74) is 2.60. The lowest BCUT2D eigenvalue weighted by molar-refractivity contribution is -0.120. The molecule has 0 fully saturated rings. The van der Waals surface area contributed by atoms with E-state index >= 15 is 0 Å². The average molecular weight is 387 g/mol. The third-order valence-electron chi connectivity index (χ3n) is 3.76. The van der Waals surface area contributed by atoms with E-state index in [1.807, 2.05) is 60.8 Å². The number of nitrogens with one attached hydrogen (secondary N) is 1. The molecule has 2 heterocycles. The van der Waals surface area contributed by atoms with E-state index in [-0.39, 0.29) is 12.3 Å². The first kappa shape index (κ1) is 18.4. The molecule has 134 valence electrons. The Kier molecular flexibility index (Phi) is 5.85. The van der Waals surface area contributed by atoms with Crippen LogP contribution in [0.2, 0.25) is 5.02 Å². The van der Waals surface area contributed by atoms with Crippen molar-refractivity contribution in [3.8, 4) is 10.6 Å². The second kappa shape index (κ2) is 8.29. The zero-order chi connectivity index (χ0) is 18.5. The number of halogens is 1. The van der Waals surface area contributed by atoms with Gasteiger partial charge in [-0.1, -0.05) is 35.9 Å². The molecule has 7 heteroatoms. The Morgan fingerprint density at radius 3 is 2.81 bits per heavy atom. The molecule has 0 bridgehead atoms. The highest BCUT2D eigenvalue weighted by atomic mass is 35.5. The minimum absolute atomic E-state index is 0.0745. The molecule has 0 spiro atoms. The quantitative estimate of drug-likeness (QED) is 0.700. The van der Waals surface area contributed by atoms with Crippen LogP contribution in [-0.4, -0.2) is 30.0 Å². The first-order valence-corrected chi connectivity index (χ1v) is 9.37. The largest absolute Gasteiger partial charge is 0.362 e. The van der Waals surface area contributed by atoms with Crippen LogP contribution >= 0.6 is 22.9 Å². The summed E-state index contributed by atoms with van der Waals surface area (Å²) >= 11 is 7.70. The number of hydrogen-bond acceptors (Lipinski definition) is 5. The summed E-state index contributed by atoms with van der Waals surface area (Å²) in [5, 5.41) is 6.31. The Morgan fingerprint density at radius 2 is 2.04 bits per heavy atom. The Labute approximate surface area is 161 Å². The molecule has 0 unspecified atom stereocenters. The average Bonchev–Trinajstić information content (AvgIpc) is 3.08. The first-order chi connectivity index (χ1) is 12.5. The van der Waals surface area contributed by atoms with Gasteiger partial charge >= 0.3 is 0 Å². The molecule has 3 rings (SSSR count). The van der Waals surface area contributed by atoms with Crippen LogP contribution in [0.4, 0.5) is 5.82 Å². The maximum Gasteiger partial charge on any atom is 0.226 e. The van der Waals surface area contributed by atoms with Gasteiger partial charge in [0.25, 0.3) is 0 Å².